The Morgan fingerprint density at radius 1 is 1.22 bits per heavy atom. The quantitative estimate of drug-likeness (QED) is 0.876. The number of hydrogen-bond acceptors (Lipinski definition) is 3. The van der Waals surface area contributed by atoms with Gasteiger partial charge in [-0.15, -0.1) is 0 Å². The second kappa shape index (κ2) is 7.82. The summed E-state index contributed by atoms with van der Waals surface area (Å²) in [6.45, 7) is 2.61. The van der Waals surface area contributed by atoms with E-state index in [-0.39, 0.29) is 5.91 Å². The summed E-state index contributed by atoms with van der Waals surface area (Å²) in [6, 6.07) is 6.24. The molecule has 0 bridgehead atoms. The van der Waals surface area contributed by atoms with Crippen LogP contribution in [-0.4, -0.2) is 25.5 Å². The standard InChI is InChI=1S/C19H29N3O/c20-11-13-22-12-5-8-16-17(9-4-10-18(16)22)21-19(23)14-15-6-2-1-3-7-15/h4,9-10,15H,1-3,5-8,11-14,20H2,(H,21,23). The highest BCUT2D eigenvalue weighted by Gasteiger charge is 2.21. The largest absolute Gasteiger partial charge is 0.370 e. The van der Waals surface area contributed by atoms with Crippen LogP contribution in [0.15, 0.2) is 18.2 Å². The van der Waals surface area contributed by atoms with Crippen LogP contribution >= 0.6 is 0 Å². The summed E-state index contributed by atoms with van der Waals surface area (Å²) in [5, 5.41) is 3.18. The lowest BCUT2D eigenvalue weighted by Crippen LogP contribution is -2.34. The minimum absolute atomic E-state index is 0.182. The minimum Gasteiger partial charge on any atom is -0.370 e. The van der Waals surface area contributed by atoms with E-state index in [9.17, 15) is 4.79 Å². The fraction of sp³-hybridized carbons (Fsp3) is 0.632. The van der Waals surface area contributed by atoms with Gasteiger partial charge >= 0.3 is 0 Å². The molecule has 1 aromatic carbocycles. The molecule has 1 saturated carbocycles. The zero-order valence-electron chi connectivity index (χ0n) is 14.0. The van der Waals surface area contributed by atoms with Crippen LogP contribution in [0.2, 0.25) is 0 Å². The molecule has 0 spiro atoms. The minimum atomic E-state index is 0.182. The number of anilines is 2. The third-order valence-electron chi connectivity index (χ3n) is 5.22. The number of fused-ring (bicyclic) bond motifs is 1. The van der Waals surface area contributed by atoms with E-state index in [1.54, 1.807) is 0 Å². The van der Waals surface area contributed by atoms with E-state index in [1.165, 1.54) is 43.4 Å². The second-order valence-corrected chi connectivity index (χ2v) is 6.94. The van der Waals surface area contributed by atoms with Gasteiger partial charge in [-0.1, -0.05) is 25.3 Å². The normalized spacial score (nSPS) is 18.6. The summed E-state index contributed by atoms with van der Waals surface area (Å²) < 4.78 is 0. The molecule has 4 heteroatoms. The van der Waals surface area contributed by atoms with Crippen LogP contribution in [-0.2, 0) is 11.2 Å². The Kier molecular flexibility index (Phi) is 5.55. The van der Waals surface area contributed by atoms with Crippen molar-refractivity contribution in [3.63, 3.8) is 0 Å². The fourth-order valence-electron chi connectivity index (χ4n) is 4.06. The van der Waals surface area contributed by atoms with Gasteiger partial charge in [-0.3, -0.25) is 4.79 Å². The Labute approximate surface area is 139 Å². The van der Waals surface area contributed by atoms with Crippen molar-refractivity contribution in [2.24, 2.45) is 11.7 Å². The fourth-order valence-corrected chi connectivity index (χ4v) is 4.06. The summed E-state index contributed by atoms with van der Waals surface area (Å²) in [5.74, 6) is 0.762. The van der Waals surface area contributed by atoms with Gasteiger partial charge in [-0.2, -0.15) is 0 Å². The maximum Gasteiger partial charge on any atom is 0.224 e. The molecule has 126 valence electrons. The molecule has 0 radical (unpaired) electrons. The molecular formula is C19H29N3O. The molecule has 0 saturated heterocycles. The highest BCUT2D eigenvalue weighted by atomic mass is 16.1. The number of benzene rings is 1. The Morgan fingerprint density at radius 3 is 2.83 bits per heavy atom. The van der Waals surface area contributed by atoms with Gasteiger partial charge in [-0.25, -0.2) is 0 Å². The molecule has 3 rings (SSSR count). The Morgan fingerprint density at radius 2 is 2.04 bits per heavy atom. The Hall–Kier alpha value is -1.55. The monoisotopic (exact) mass is 315 g/mol. The number of nitrogens with two attached hydrogens (primary N) is 1. The van der Waals surface area contributed by atoms with Gasteiger partial charge in [0.15, 0.2) is 0 Å². The summed E-state index contributed by atoms with van der Waals surface area (Å²) >= 11 is 0. The van der Waals surface area contributed by atoms with Gasteiger partial charge in [0.05, 0.1) is 0 Å². The molecule has 1 heterocycles. The summed E-state index contributed by atoms with van der Waals surface area (Å²) in [5.41, 5.74) is 9.26. The number of carbonyl (C=O) groups is 1. The number of rotatable bonds is 5. The average molecular weight is 315 g/mol. The molecule has 23 heavy (non-hydrogen) atoms. The molecule has 0 unspecified atom stereocenters. The van der Waals surface area contributed by atoms with E-state index in [0.717, 1.165) is 31.6 Å². The maximum absolute atomic E-state index is 12.4. The van der Waals surface area contributed by atoms with Crippen molar-refractivity contribution in [3.8, 4) is 0 Å². The van der Waals surface area contributed by atoms with Crippen LogP contribution in [0.5, 0.6) is 0 Å². The first kappa shape index (κ1) is 16.3. The molecule has 1 aromatic rings. The smallest absolute Gasteiger partial charge is 0.224 e. The van der Waals surface area contributed by atoms with E-state index in [1.807, 2.05) is 12.1 Å². The van der Waals surface area contributed by atoms with Gasteiger partial charge in [-0.05, 0) is 49.3 Å². The highest BCUT2D eigenvalue weighted by Crippen LogP contribution is 2.33. The van der Waals surface area contributed by atoms with Gasteiger partial charge in [0.2, 0.25) is 5.91 Å². The van der Waals surface area contributed by atoms with Gasteiger partial charge in [0.1, 0.15) is 0 Å². The van der Waals surface area contributed by atoms with Crippen molar-refractivity contribution >= 4 is 17.3 Å². The first-order valence-electron chi connectivity index (χ1n) is 9.14. The lowest BCUT2D eigenvalue weighted by molar-refractivity contribution is -0.117. The van der Waals surface area contributed by atoms with Crippen molar-refractivity contribution in [1.82, 2.24) is 0 Å². The molecule has 4 nitrogen and oxygen atoms in total. The Bertz CT molecular complexity index is 537. The molecule has 0 aromatic heterocycles. The molecule has 0 atom stereocenters. The lowest BCUT2D eigenvalue weighted by atomic mass is 9.87. The van der Waals surface area contributed by atoms with E-state index < -0.39 is 0 Å². The highest BCUT2D eigenvalue weighted by molar-refractivity contribution is 5.92. The van der Waals surface area contributed by atoms with Crippen LogP contribution < -0.4 is 16.0 Å². The van der Waals surface area contributed by atoms with Crippen molar-refractivity contribution in [3.05, 3.63) is 23.8 Å². The van der Waals surface area contributed by atoms with Crippen LogP contribution in [0.1, 0.15) is 50.5 Å². The van der Waals surface area contributed by atoms with Crippen LogP contribution in [0.3, 0.4) is 0 Å². The molecule has 2 aliphatic rings. The summed E-state index contributed by atoms with van der Waals surface area (Å²) in [7, 11) is 0. The van der Waals surface area contributed by atoms with Crippen molar-refractivity contribution in [1.29, 1.82) is 0 Å². The molecule has 1 aliphatic heterocycles. The number of amides is 1. The van der Waals surface area contributed by atoms with E-state index in [0.29, 0.717) is 18.9 Å². The number of carbonyl (C=O) groups excluding carboxylic acids is 1. The van der Waals surface area contributed by atoms with E-state index >= 15 is 0 Å². The number of hydrogen-bond donors (Lipinski definition) is 2. The van der Waals surface area contributed by atoms with E-state index in [4.69, 9.17) is 5.73 Å². The number of nitrogens with zero attached hydrogens (tertiary/aromatic N) is 1. The number of nitrogens with one attached hydrogen (secondary N) is 1. The van der Waals surface area contributed by atoms with Crippen molar-refractivity contribution in [2.45, 2.75) is 51.4 Å². The second-order valence-electron chi connectivity index (χ2n) is 6.94. The van der Waals surface area contributed by atoms with Crippen LogP contribution in [0.4, 0.5) is 11.4 Å². The predicted octanol–water partition coefficient (Wildman–Crippen LogP) is 3.31. The predicted molar refractivity (Wildman–Crippen MR) is 95.9 cm³/mol. The van der Waals surface area contributed by atoms with Gasteiger partial charge < -0.3 is 16.0 Å². The maximum atomic E-state index is 12.4. The SMILES string of the molecule is NCCN1CCCc2c(NC(=O)CC3CCCCC3)cccc21. The molecule has 1 amide bonds. The lowest BCUT2D eigenvalue weighted by Gasteiger charge is -2.32. The molecule has 3 N–H and O–H groups in total. The topological polar surface area (TPSA) is 58.4 Å². The Balaban J connectivity index is 1.68. The summed E-state index contributed by atoms with van der Waals surface area (Å²) in [4.78, 5) is 14.8. The zero-order valence-corrected chi connectivity index (χ0v) is 14.0. The van der Waals surface area contributed by atoms with Gasteiger partial charge in [0.25, 0.3) is 0 Å². The average Bonchev–Trinajstić information content (AvgIpc) is 2.57. The molecular weight excluding hydrogens is 286 g/mol. The van der Waals surface area contributed by atoms with Gasteiger partial charge in [0, 0.05) is 37.4 Å². The first-order valence-corrected chi connectivity index (χ1v) is 9.14. The molecule has 1 aliphatic carbocycles. The third-order valence-corrected chi connectivity index (χ3v) is 5.22. The summed E-state index contributed by atoms with van der Waals surface area (Å²) in [6.07, 6.45) is 9.17. The van der Waals surface area contributed by atoms with E-state index in [2.05, 4.69) is 16.3 Å². The van der Waals surface area contributed by atoms with Crippen LogP contribution in [0, 0.1) is 5.92 Å². The van der Waals surface area contributed by atoms with Crippen molar-refractivity contribution < 1.29 is 4.79 Å². The third kappa shape index (κ3) is 4.05. The molecule has 1 fully saturated rings. The van der Waals surface area contributed by atoms with Crippen molar-refractivity contribution in [2.75, 3.05) is 29.9 Å². The first-order chi connectivity index (χ1) is 11.3. The zero-order chi connectivity index (χ0) is 16.1. The van der Waals surface area contributed by atoms with Crippen LogP contribution in [0.25, 0.3) is 0 Å².